The van der Waals surface area contributed by atoms with Crippen LogP contribution in [-0.2, 0) is 10.0 Å². The number of benzene rings is 2. The molecule has 2 rings (SSSR count). The van der Waals surface area contributed by atoms with Gasteiger partial charge in [-0.25, -0.2) is 17.2 Å². The second-order valence-electron chi connectivity index (χ2n) is 4.59. The highest BCUT2D eigenvalue weighted by Crippen LogP contribution is 2.21. The number of hydrogen-bond donors (Lipinski definition) is 2. The minimum Gasteiger partial charge on any atom is -0.324 e. The molecule has 0 radical (unpaired) electrons. The Morgan fingerprint density at radius 3 is 2.48 bits per heavy atom. The molecule has 2 aromatic carbocycles. The fourth-order valence-corrected chi connectivity index (χ4v) is 2.86. The molecule has 0 saturated carbocycles. The van der Waals surface area contributed by atoms with Gasteiger partial charge >= 0.3 is 0 Å². The molecule has 3 N–H and O–H groups in total. The lowest BCUT2D eigenvalue weighted by molar-refractivity contribution is 0.582. The third kappa shape index (κ3) is 3.56. The van der Waals surface area contributed by atoms with Gasteiger partial charge in [-0.2, -0.15) is 0 Å². The Kier molecular flexibility index (Phi) is 4.24. The Morgan fingerprint density at radius 1 is 1.14 bits per heavy atom. The molecular weight excluding hydrogens is 298 g/mol. The van der Waals surface area contributed by atoms with Crippen molar-refractivity contribution in [2.45, 2.75) is 17.9 Å². The normalized spacial score (nSPS) is 13.0. The van der Waals surface area contributed by atoms with E-state index in [2.05, 4.69) is 4.72 Å². The van der Waals surface area contributed by atoms with Crippen molar-refractivity contribution in [2.75, 3.05) is 4.72 Å². The molecule has 0 amide bonds. The maximum Gasteiger partial charge on any atom is 0.261 e. The molecular formula is C14H14F2N2O2S. The Balaban J connectivity index is 2.36. The van der Waals surface area contributed by atoms with E-state index in [9.17, 15) is 17.2 Å². The van der Waals surface area contributed by atoms with Crippen LogP contribution < -0.4 is 10.5 Å². The summed E-state index contributed by atoms with van der Waals surface area (Å²) in [7, 11) is -3.97. The van der Waals surface area contributed by atoms with E-state index in [4.69, 9.17) is 5.73 Å². The van der Waals surface area contributed by atoms with E-state index in [1.165, 1.54) is 12.1 Å². The van der Waals surface area contributed by atoms with Crippen molar-refractivity contribution in [3.05, 3.63) is 59.7 Å². The van der Waals surface area contributed by atoms with Crippen molar-refractivity contribution in [1.29, 1.82) is 0 Å². The smallest absolute Gasteiger partial charge is 0.261 e. The largest absolute Gasteiger partial charge is 0.324 e. The lowest BCUT2D eigenvalue weighted by atomic mass is 10.1. The molecule has 4 nitrogen and oxygen atoms in total. The van der Waals surface area contributed by atoms with Gasteiger partial charge in [-0.1, -0.05) is 12.1 Å². The SMILES string of the molecule is CC(N)c1cccc(S(=O)(=O)Nc2ccc(F)cc2F)c1. The van der Waals surface area contributed by atoms with Crippen LogP contribution in [0.4, 0.5) is 14.5 Å². The van der Waals surface area contributed by atoms with Gasteiger partial charge < -0.3 is 5.73 Å². The van der Waals surface area contributed by atoms with E-state index in [0.717, 1.165) is 12.1 Å². The zero-order valence-corrected chi connectivity index (χ0v) is 12.0. The zero-order valence-electron chi connectivity index (χ0n) is 11.2. The number of sulfonamides is 1. The van der Waals surface area contributed by atoms with E-state index < -0.39 is 21.7 Å². The van der Waals surface area contributed by atoms with Crippen LogP contribution in [0.1, 0.15) is 18.5 Å². The van der Waals surface area contributed by atoms with Gasteiger partial charge in [0.25, 0.3) is 10.0 Å². The molecule has 0 spiro atoms. The van der Waals surface area contributed by atoms with Crippen molar-refractivity contribution in [1.82, 2.24) is 0 Å². The number of rotatable bonds is 4. The second-order valence-corrected chi connectivity index (χ2v) is 6.27. The van der Waals surface area contributed by atoms with Crippen molar-refractivity contribution < 1.29 is 17.2 Å². The fraction of sp³-hybridized carbons (Fsp3) is 0.143. The summed E-state index contributed by atoms with van der Waals surface area (Å²) in [6.45, 7) is 1.72. The third-order valence-electron chi connectivity index (χ3n) is 2.87. The highest BCUT2D eigenvalue weighted by Gasteiger charge is 2.17. The third-order valence-corrected chi connectivity index (χ3v) is 4.23. The monoisotopic (exact) mass is 312 g/mol. The zero-order chi connectivity index (χ0) is 15.6. The molecule has 7 heteroatoms. The van der Waals surface area contributed by atoms with Gasteiger partial charge in [0.15, 0.2) is 0 Å². The lowest BCUT2D eigenvalue weighted by Crippen LogP contribution is -2.15. The molecule has 1 atom stereocenters. The maximum absolute atomic E-state index is 13.5. The van der Waals surface area contributed by atoms with Gasteiger partial charge in [-0.05, 0) is 36.8 Å². The average Bonchev–Trinajstić information content (AvgIpc) is 2.42. The van der Waals surface area contributed by atoms with Crippen molar-refractivity contribution in [2.24, 2.45) is 5.73 Å². The topological polar surface area (TPSA) is 72.2 Å². The molecule has 21 heavy (non-hydrogen) atoms. The van der Waals surface area contributed by atoms with Crippen molar-refractivity contribution in [3.63, 3.8) is 0 Å². The van der Waals surface area contributed by atoms with Gasteiger partial charge in [-0.3, -0.25) is 4.72 Å². The van der Waals surface area contributed by atoms with Gasteiger partial charge in [0, 0.05) is 12.1 Å². The molecule has 112 valence electrons. The van der Waals surface area contributed by atoms with Crippen molar-refractivity contribution in [3.8, 4) is 0 Å². The number of nitrogens with two attached hydrogens (primary N) is 1. The van der Waals surface area contributed by atoms with Crippen LogP contribution in [-0.4, -0.2) is 8.42 Å². The summed E-state index contributed by atoms with van der Waals surface area (Å²) >= 11 is 0. The first-order chi connectivity index (χ1) is 9.79. The number of nitrogens with one attached hydrogen (secondary N) is 1. The van der Waals surface area contributed by atoms with E-state index in [0.29, 0.717) is 11.6 Å². The van der Waals surface area contributed by atoms with E-state index in [-0.39, 0.29) is 16.6 Å². The summed E-state index contributed by atoms with van der Waals surface area (Å²) < 4.78 is 52.8. The van der Waals surface area contributed by atoms with Gasteiger partial charge in [0.05, 0.1) is 10.6 Å². The highest BCUT2D eigenvalue weighted by molar-refractivity contribution is 7.92. The predicted octanol–water partition coefficient (Wildman–Crippen LogP) is 2.79. The predicted molar refractivity (Wildman–Crippen MR) is 76.2 cm³/mol. The van der Waals surface area contributed by atoms with E-state index in [1.54, 1.807) is 19.1 Å². The van der Waals surface area contributed by atoms with Crippen LogP contribution in [0.25, 0.3) is 0 Å². The van der Waals surface area contributed by atoms with Gasteiger partial charge in [-0.15, -0.1) is 0 Å². The molecule has 0 aliphatic rings. The molecule has 0 aliphatic carbocycles. The average molecular weight is 312 g/mol. The second kappa shape index (κ2) is 5.79. The first-order valence-electron chi connectivity index (χ1n) is 6.13. The lowest BCUT2D eigenvalue weighted by Gasteiger charge is -2.11. The summed E-state index contributed by atoms with van der Waals surface area (Å²) in [4.78, 5) is -0.0407. The highest BCUT2D eigenvalue weighted by atomic mass is 32.2. The van der Waals surface area contributed by atoms with Gasteiger partial charge in [0.1, 0.15) is 11.6 Å². The molecule has 0 bridgehead atoms. The summed E-state index contributed by atoms with van der Waals surface area (Å²) in [5.74, 6) is -1.77. The Hall–Kier alpha value is -1.99. The number of hydrogen-bond acceptors (Lipinski definition) is 3. The van der Waals surface area contributed by atoms with Gasteiger partial charge in [0.2, 0.25) is 0 Å². The van der Waals surface area contributed by atoms with Crippen LogP contribution in [0.2, 0.25) is 0 Å². The standard InChI is InChI=1S/C14H14F2N2O2S/c1-9(17)10-3-2-4-12(7-10)21(19,20)18-14-6-5-11(15)8-13(14)16/h2-9,18H,17H2,1H3. The molecule has 0 heterocycles. The summed E-state index contributed by atoms with van der Waals surface area (Å²) in [5, 5.41) is 0. The van der Waals surface area contributed by atoms with Crippen LogP contribution in [0.5, 0.6) is 0 Å². The van der Waals surface area contributed by atoms with Crippen LogP contribution in [0.3, 0.4) is 0 Å². The number of anilines is 1. The van der Waals surface area contributed by atoms with Crippen LogP contribution >= 0.6 is 0 Å². The molecule has 0 aromatic heterocycles. The summed E-state index contributed by atoms with van der Waals surface area (Å²) in [6, 6.07) is 8.30. The van der Waals surface area contributed by atoms with Crippen molar-refractivity contribution >= 4 is 15.7 Å². The maximum atomic E-state index is 13.5. The first kappa shape index (κ1) is 15.4. The molecule has 0 fully saturated rings. The minimum atomic E-state index is -3.97. The Labute approximate surface area is 121 Å². The summed E-state index contributed by atoms with van der Waals surface area (Å²) in [6.07, 6.45) is 0. The molecule has 0 saturated heterocycles. The summed E-state index contributed by atoms with van der Waals surface area (Å²) in [5.41, 5.74) is 6.02. The quantitative estimate of drug-likeness (QED) is 0.912. The van der Waals surface area contributed by atoms with Crippen LogP contribution in [0, 0.1) is 11.6 Å². The Morgan fingerprint density at radius 2 is 1.86 bits per heavy atom. The van der Waals surface area contributed by atoms with E-state index >= 15 is 0 Å². The van der Waals surface area contributed by atoms with E-state index in [1.807, 2.05) is 0 Å². The fourth-order valence-electron chi connectivity index (χ4n) is 1.74. The Bertz CT molecular complexity index is 761. The minimum absolute atomic E-state index is 0.0407. The molecule has 1 unspecified atom stereocenters. The molecule has 0 aliphatic heterocycles. The molecule has 2 aromatic rings. The number of halogens is 2. The van der Waals surface area contributed by atoms with Crippen LogP contribution in [0.15, 0.2) is 47.4 Å². The first-order valence-corrected chi connectivity index (χ1v) is 7.61.